The zero-order chi connectivity index (χ0) is 36.2. The van der Waals surface area contributed by atoms with E-state index in [0.29, 0.717) is 11.8 Å². The predicted octanol–water partition coefficient (Wildman–Crippen LogP) is 4.57. The molecule has 0 aliphatic carbocycles. The lowest BCUT2D eigenvalue weighted by atomic mass is 9.98. The smallest absolute Gasteiger partial charge is 0.383 e. The third kappa shape index (κ3) is 10.3. The van der Waals surface area contributed by atoms with Gasteiger partial charge in [0.25, 0.3) is 0 Å². The van der Waals surface area contributed by atoms with Crippen molar-refractivity contribution in [1.82, 2.24) is 0 Å². The van der Waals surface area contributed by atoms with Gasteiger partial charge in [-0.15, -0.1) is 0 Å². The van der Waals surface area contributed by atoms with Gasteiger partial charge in [0.05, 0.1) is 12.0 Å². The average Bonchev–Trinajstić information content (AvgIpc) is 3.05. The van der Waals surface area contributed by atoms with Crippen LogP contribution in [0.3, 0.4) is 0 Å². The summed E-state index contributed by atoms with van der Waals surface area (Å²) in [7, 11) is 0. The standard InChI is InChI=1S/C36H40O14/c1-6-7-8-12-17-42-33-30(44-19-25-13-10-9-11-14-25)27-16-15-26(18-28(27)49-35(33)41)48-36-34(47-24(5)40)32(46-23(4)39)31(45-22(3)38)29(50-36)20-43-21(2)37/h7-11,13-16,18,29,31-32,34,36H,6,12,17,19-20H2,1-5H3/b8-7+/t29-,31-,32+,34+,36+/m1/s1. The molecule has 1 aromatic heterocycles. The molecule has 50 heavy (non-hydrogen) atoms. The molecule has 3 aromatic rings. The first-order valence-electron chi connectivity index (χ1n) is 16.0. The fraction of sp³-hybridized carbons (Fsp3) is 0.417. The first-order chi connectivity index (χ1) is 24.0. The number of hydrogen-bond donors (Lipinski definition) is 0. The molecule has 2 aromatic carbocycles. The topological polar surface area (TPSA) is 172 Å². The second-order valence-corrected chi connectivity index (χ2v) is 11.2. The molecule has 0 spiro atoms. The molecule has 0 amide bonds. The van der Waals surface area contributed by atoms with Crippen LogP contribution in [0.2, 0.25) is 0 Å². The molecule has 14 nitrogen and oxygen atoms in total. The molecule has 1 aliphatic heterocycles. The Morgan fingerprint density at radius 2 is 1.46 bits per heavy atom. The Labute approximate surface area is 288 Å². The summed E-state index contributed by atoms with van der Waals surface area (Å²) in [5, 5.41) is 0.397. The van der Waals surface area contributed by atoms with Crippen LogP contribution in [-0.2, 0) is 49.5 Å². The molecule has 0 saturated carbocycles. The van der Waals surface area contributed by atoms with Crippen LogP contribution in [-0.4, -0.2) is 67.8 Å². The lowest BCUT2D eigenvalue weighted by Crippen LogP contribution is -2.63. The molecule has 1 aliphatic rings. The van der Waals surface area contributed by atoms with Gasteiger partial charge in [-0.1, -0.05) is 49.4 Å². The van der Waals surface area contributed by atoms with Crippen LogP contribution in [0.15, 0.2) is 69.9 Å². The number of benzene rings is 2. The van der Waals surface area contributed by atoms with Crippen molar-refractivity contribution in [3.8, 4) is 17.2 Å². The second kappa shape index (κ2) is 17.9. The van der Waals surface area contributed by atoms with Crippen molar-refractivity contribution >= 4 is 34.8 Å². The van der Waals surface area contributed by atoms with E-state index in [-0.39, 0.29) is 36.0 Å². The van der Waals surface area contributed by atoms with Crippen LogP contribution in [0, 0.1) is 0 Å². The Kier molecular flexibility index (Phi) is 13.4. The zero-order valence-electron chi connectivity index (χ0n) is 28.4. The van der Waals surface area contributed by atoms with Gasteiger partial charge >= 0.3 is 29.5 Å². The summed E-state index contributed by atoms with van der Waals surface area (Å²) in [5.41, 5.74) is 0.137. The van der Waals surface area contributed by atoms with E-state index in [2.05, 4.69) is 0 Å². The lowest BCUT2D eigenvalue weighted by molar-refractivity contribution is -0.288. The maximum absolute atomic E-state index is 13.3. The van der Waals surface area contributed by atoms with Crippen LogP contribution in [0.5, 0.6) is 17.2 Å². The first kappa shape index (κ1) is 37.4. The van der Waals surface area contributed by atoms with Crippen molar-refractivity contribution in [3.63, 3.8) is 0 Å². The first-order valence-corrected chi connectivity index (χ1v) is 16.0. The SMILES string of the molecule is CC/C=C/CCOc1c(OCc2ccccc2)c2ccc(O[C@H]3O[C@H](COC(C)=O)[C@@H](OC(C)=O)[C@H](OC(C)=O)[C@@H]3OC(C)=O)cc2oc1=O. The fourth-order valence-electron chi connectivity index (χ4n) is 5.14. The molecule has 5 atom stereocenters. The minimum atomic E-state index is -1.49. The Morgan fingerprint density at radius 1 is 0.780 bits per heavy atom. The monoisotopic (exact) mass is 696 g/mol. The van der Waals surface area contributed by atoms with E-state index in [9.17, 15) is 24.0 Å². The molecule has 0 N–H and O–H groups in total. The van der Waals surface area contributed by atoms with Gasteiger partial charge in [-0.05, 0) is 30.5 Å². The molecular formula is C36H40O14. The van der Waals surface area contributed by atoms with E-state index in [1.807, 2.05) is 49.4 Å². The summed E-state index contributed by atoms with van der Waals surface area (Å²) in [6.45, 7) is 6.45. The van der Waals surface area contributed by atoms with Crippen molar-refractivity contribution in [2.75, 3.05) is 13.2 Å². The highest BCUT2D eigenvalue weighted by molar-refractivity contribution is 5.86. The Bertz CT molecular complexity index is 1730. The summed E-state index contributed by atoms with van der Waals surface area (Å²) in [6.07, 6.45) is -1.58. The van der Waals surface area contributed by atoms with Crippen molar-refractivity contribution in [2.24, 2.45) is 0 Å². The number of ether oxygens (including phenoxy) is 8. The Hall–Kier alpha value is -5.37. The van der Waals surface area contributed by atoms with Crippen LogP contribution >= 0.6 is 0 Å². The molecule has 1 saturated heterocycles. The molecule has 1 fully saturated rings. The van der Waals surface area contributed by atoms with Gasteiger partial charge in [-0.3, -0.25) is 19.2 Å². The minimum Gasteiger partial charge on any atom is -0.484 e. The van der Waals surface area contributed by atoms with E-state index in [1.54, 1.807) is 6.07 Å². The predicted molar refractivity (Wildman–Crippen MR) is 175 cm³/mol. The highest BCUT2D eigenvalue weighted by Crippen LogP contribution is 2.37. The summed E-state index contributed by atoms with van der Waals surface area (Å²) in [5.74, 6) is -2.84. The highest BCUT2D eigenvalue weighted by Gasteiger charge is 2.53. The number of hydrogen-bond acceptors (Lipinski definition) is 14. The van der Waals surface area contributed by atoms with Crippen molar-refractivity contribution < 1.29 is 61.5 Å². The van der Waals surface area contributed by atoms with E-state index in [0.717, 1.165) is 32.8 Å². The third-order valence-electron chi connectivity index (χ3n) is 7.15. The van der Waals surface area contributed by atoms with Gasteiger partial charge in [0.15, 0.2) is 18.0 Å². The number of esters is 4. The van der Waals surface area contributed by atoms with E-state index < -0.39 is 66.8 Å². The second-order valence-electron chi connectivity index (χ2n) is 11.2. The number of rotatable bonds is 15. The minimum absolute atomic E-state index is 0.0689. The van der Waals surface area contributed by atoms with Gasteiger partial charge in [0.2, 0.25) is 18.1 Å². The molecule has 0 unspecified atom stereocenters. The molecule has 14 heteroatoms. The lowest BCUT2D eigenvalue weighted by Gasteiger charge is -2.43. The molecule has 0 bridgehead atoms. The van der Waals surface area contributed by atoms with Gasteiger partial charge in [0, 0.05) is 33.8 Å². The van der Waals surface area contributed by atoms with Crippen molar-refractivity contribution in [1.29, 1.82) is 0 Å². The normalized spacial score (nSPS) is 20.1. The maximum Gasteiger partial charge on any atom is 0.383 e. The van der Waals surface area contributed by atoms with Gasteiger partial charge in [-0.25, -0.2) is 4.79 Å². The molecule has 2 heterocycles. The van der Waals surface area contributed by atoms with Crippen LogP contribution in [0.25, 0.3) is 11.0 Å². The van der Waals surface area contributed by atoms with Crippen molar-refractivity contribution in [2.45, 2.75) is 84.8 Å². The van der Waals surface area contributed by atoms with Crippen LogP contribution < -0.4 is 19.8 Å². The Balaban J connectivity index is 1.72. The van der Waals surface area contributed by atoms with Crippen LogP contribution in [0.4, 0.5) is 0 Å². The maximum atomic E-state index is 13.3. The van der Waals surface area contributed by atoms with Crippen LogP contribution in [0.1, 0.15) is 53.0 Å². The molecule has 4 rings (SSSR count). The summed E-state index contributed by atoms with van der Waals surface area (Å²) >= 11 is 0. The number of carbonyl (C=O) groups is 4. The van der Waals surface area contributed by atoms with Gasteiger partial charge in [0.1, 0.15) is 30.7 Å². The largest absolute Gasteiger partial charge is 0.484 e. The summed E-state index contributed by atoms with van der Waals surface area (Å²) in [4.78, 5) is 61.3. The zero-order valence-corrected chi connectivity index (χ0v) is 28.4. The fourth-order valence-corrected chi connectivity index (χ4v) is 5.14. The van der Waals surface area contributed by atoms with E-state index in [1.165, 1.54) is 19.1 Å². The average molecular weight is 697 g/mol. The molecule has 0 radical (unpaired) electrons. The van der Waals surface area contributed by atoms with E-state index in [4.69, 9.17) is 42.3 Å². The number of carbonyl (C=O) groups excluding carboxylic acids is 4. The summed E-state index contributed by atoms with van der Waals surface area (Å²) < 4.78 is 51.2. The number of allylic oxidation sites excluding steroid dienone is 1. The molecule has 268 valence electrons. The van der Waals surface area contributed by atoms with Gasteiger partial charge < -0.3 is 42.3 Å². The van der Waals surface area contributed by atoms with Gasteiger partial charge in [-0.2, -0.15) is 0 Å². The van der Waals surface area contributed by atoms with E-state index >= 15 is 0 Å². The molecular weight excluding hydrogens is 656 g/mol. The highest BCUT2D eigenvalue weighted by atomic mass is 16.7. The summed E-state index contributed by atoms with van der Waals surface area (Å²) in [6, 6.07) is 13.9. The van der Waals surface area contributed by atoms with Crippen molar-refractivity contribution in [3.05, 3.63) is 76.7 Å². The number of fused-ring (bicyclic) bond motifs is 1. The Morgan fingerprint density at radius 3 is 2.12 bits per heavy atom. The third-order valence-corrected chi connectivity index (χ3v) is 7.15. The quantitative estimate of drug-likeness (QED) is 0.0711.